The number of hydrogen-bond acceptors (Lipinski definition) is 5. The molecule has 0 amide bonds. The lowest BCUT2D eigenvalue weighted by Gasteiger charge is -2.31. The Kier molecular flexibility index (Phi) is 6.17. The molecular weight excluding hydrogens is 455 g/mol. The Morgan fingerprint density at radius 3 is 2.52 bits per heavy atom. The van der Waals surface area contributed by atoms with E-state index in [0.717, 1.165) is 35.5 Å². The Labute approximate surface area is 191 Å². The molecule has 10 heteroatoms. The molecule has 0 spiro atoms. The molecular formula is C23H26F3N3O3S. The van der Waals surface area contributed by atoms with E-state index in [1.165, 1.54) is 25.3 Å². The van der Waals surface area contributed by atoms with Crippen molar-refractivity contribution in [2.45, 2.75) is 44.3 Å². The molecule has 1 fully saturated rings. The first-order valence-corrected chi connectivity index (χ1v) is 12.2. The summed E-state index contributed by atoms with van der Waals surface area (Å²) < 4.78 is 75.2. The molecule has 3 aromatic rings. The molecule has 0 saturated carbocycles. The Balaban J connectivity index is 1.99. The number of pyridine rings is 1. The van der Waals surface area contributed by atoms with E-state index in [4.69, 9.17) is 4.74 Å². The number of ether oxygens (including phenoxy) is 1. The van der Waals surface area contributed by atoms with Gasteiger partial charge in [0.05, 0.1) is 17.6 Å². The van der Waals surface area contributed by atoms with Crippen molar-refractivity contribution >= 4 is 20.9 Å². The van der Waals surface area contributed by atoms with Gasteiger partial charge in [0.15, 0.2) is 0 Å². The second kappa shape index (κ2) is 8.64. The van der Waals surface area contributed by atoms with Gasteiger partial charge in [-0.15, -0.1) is 0 Å². The van der Waals surface area contributed by atoms with E-state index in [2.05, 4.69) is 16.8 Å². The number of fused-ring (bicyclic) bond motifs is 1. The summed E-state index contributed by atoms with van der Waals surface area (Å²) in [5.41, 5.74) is -0.0821. The van der Waals surface area contributed by atoms with Crippen LogP contribution in [0.3, 0.4) is 0 Å². The van der Waals surface area contributed by atoms with Crippen molar-refractivity contribution in [3.8, 4) is 5.88 Å². The molecule has 1 aromatic carbocycles. The predicted octanol–water partition coefficient (Wildman–Crippen LogP) is 4.84. The van der Waals surface area contributed by atoms with E-state index in [1.54, 1.807) is 12.1 Å². The summed E-state index contributed by atoms with van der Waals surface area (Å²) in [6.45, 7) is 5.63. The molecule has 0 N–H and O–H groups in total. The van der Waals surface area contributed by atoms with Gasteiger partial charge in [0.25, 0.3) is 10.0 Å². The lowest BCUT2D eigenvalue weighted by molar-refractivity contribution is -0.136. The molecule has 0 bridgehead atoms. The van der Waals surface area contributed by atoms with E-state index in [0.29, 0.717) is 12.1 Å². The van der Waals surface area contributed by atoms with Crippen LogP contribution < -0.4 is 4.74 Å². The number of rotatable bonds is 5. The third-order valence-electron chi connectivity index (χ3n) is 6.02. The number of likely N-dealkylation sites (tertiary alicyclic amines) is 1. The minimum absolute atomic E-state index is 0.0154. The highest BCUT2D eigenvalue weighted by molar-refractivity contribution is 7.90. The fourth-order valence-corrected chi connectivity index (χ4v) is 5.97. The first-order valence-electron chi connectivity index (χ1n) is 10.7. The number of benzene rings is 1. The van der Waals surface area contributed by atoms with Gasteiger partial charge in [0.2, 0.25) is 5.88 Å². The zero-order valence-electron chi connectivity index (χ0n) is 18.7. The second-order valence-corrected chi connectivity index (χ2v) is 10.4. The minimum atomic E-state index is -4.70. The van der Waals surface area contributed by atoms with Crippen molar-refractivity contribution in [3.05, 3.63) is 53.3 Å². The van der Waals surface area contributed by atoms with Gasteiger partial charge in [-0.1, -0.05) is 24.6 Å². The van der Waals surface area contributed by atoms with Gasteiger partial charge in [-0.2, -0.15) is 13.2 Å². The Morgan fingerprint density at radius 1 is 1.21 bits per heavy atom. The molecule has 0 radical (unpaired) electrons. The summed E-state index contributed by atoms with van der Waals surface area (Å²) in [4.78, 5) is 5.87. The molecule has 1 atom stereocenters. The van der Waals surface area contributed by atoms with Gasteiger partial charge in [0.1, 0.15) is 5.52 Å². The number of nitrogens with zero attached hydrogens (tertiary/aromatic N) is 3. The van der Waals surface area contributed by atoms with Crippen LogP contribution in [0.4, 0.5) is 13.2 Å². The molecule has 1 aliphatic rings. The summed E-state index contributed by atoms with van der Waals surface area (Å²) in [5, 5.41) is -0.245. The average Bonchev–Trinajstić information content (AvgIpc) is 3.12. The van der Waals surface area contributed by atoms with Gasteiger partial charge in [-0.25, -0.2) is 17.4 Å². The maximum absolute atomic E-state index is 13.8. The van der Waals surface area contributed by atoms with E-state index >= 15 is 0 Å². The summed E-state index contributed by atoms with van der Waals surface area (Å²) in [6.07, 6.45) is -1.99. The average molecular weight is 482 g/mol. The Bertz CT molecular complexity index is 1270. The van der Waals surface area contributed by atoms with Crippen LogP contribution in [-0.4, -0.2) is 42.5 Å². The highest BCUT2D eigenvalue weighted by Crippen LogP contribution is 2.40. The fraction of sp³-hybridized carbons (Fsp3) is 0.435. The van der Waals surface area contributed by atoms with Crippen LogP contribution in [0.5, 0.6) is 5.88 Å². The highest BCUT2D eigenvalue weighted by atomic mass is 32.2. The van der Waals surface area contributed by atoms with E-state index in [1.807, 2.05) is 6.92 Å². The molecule has 178 valence electrons. The summed E-state index contributed by atoms with van der Waals surface area (Å²) in [6, 6.07) is 7.53. The van der Waals surface area contributed by atoms with Crippen molar-refractivity contribution in [1.82, 2.24) is 13.9 Å². The normalized spacial score (nSPS) is 18.1. The maximum atomic E-state index is 13.8. The van der Waals surface area contributed by atoms with Crippen molar-refractivity contribution < 1.29 is 26.3 Å². The van der Waals surface area contributed by atoms with E-state index in [9.17, 15) is 21.6 Å². The number of aryl methyl sites for hydroxylation is 1. The lowest BCUT2D eigenvalue weighted by atomic mass is 10.0. The standard InChI is InChI=1S/C23H26F3N3O3S/c1-15-6-8-18(9-7-15)33(30,31)29-17(14-28-10-4-5-16(2)13-28)11-19-20(23(24,25)26)12-27-22(32-3)21(19)29/h6-9,11-12,16H,4-5,10,13-14H2,1-3H3/t16-/m0/s1. The van der Waals surface area contributed by atoms with Crippen LogP contribution in [0, 0.1) is 12.8 Å². The van der Waals surface area contributed by atoms with Crippen LogP contribution in [0.1, 0.15) is 36.6 Å². The zero-order valence-corrected chi connectivity index (χ0v) is 19.5. The molecule has 6 nitrogen and oxygen atoms in total. The number of hydrogen-bond donors (Lipinski definition) is 0. The summed E-state index contributed by atoms with van der Waals surface area (Å²) >= 11 is 0. The highest BCUT2D eigenvalue weighted by Gasteiger charge is 2.37. The van der Waals surface area contributed by atoms with Gasteiger partial charge in [0, 0.05) is 30.4 Å². The third-order valence-corrected chi connectivity index (χ3v) is 7.78. The second-order valence-electron chi connectivity index (χ2n) is 8.64. The SMILES string of the molecule is COc1ncc(C(F)(F)F)c2cc(CN3CCC[C@H](C)C3)n(S(=O)(=O)c3ccc(C)cc3)c12. The molecule has 1 aliphatic heterocycles. The maximum Gasteiger partial charge on any atom is 0.418 e. The smallest absolute Gasteiger partial charge is 0.418 e. The minimum Gasteiger partial charge on any atom is -0.479 e. The van der Waals surface area contributed by atoms with Gasteiger partial charge >= 0.3 is 6.18 Å². The molecule has 4 rings (SSSR count). The predicted molar refractivity (Wildman–Crippen MR) is 119 cm³/mol. The largest absolute Gasteiger partial charge is 0.479 e. The first kappa shape index (κ1) is 23.6. The molecule has 33 heavy (non-hydrogen) atoms. The lowest BCUT2D eigenvalue weighted by Crippen LogP contribution is -2.34. The number of methoxy groups -OCH3 is 1. The first-order chi connectivity index (χ1) is 15.5. The van der Waals surface area contributed by atoms with Crippen molar-refractivity contribution in [1.29, 1.82) is 0 Å². The molecule has 3 heterocycles. The number of piperidine rings is 1. The summed E-state index contributed by atoms with van der Waals surface area (Å²) in [5.74, 6) is 0.249. The van der Waals surface area contributed by atoms with E-state index in [-0.39, 0.29) is 33.9 Å². The van der Waals surface area contributed by atoms with Crippen molar-refractivity contribution in [2.75, 3.05) is 20.2 Å². The van der Waals surface area contributed by atoms with Crippen molar-refractivity contribution in [3.63, 3.8) is 0 Å². The van der Waals surface area contributed by atoms with Crippen LogP contribution in [-0.2, 0) is 22.7 Å². The summed E-state index contributed by atoms with van der Waals surface area (Å²) in [7, 11) is -2.97. The monoisotopic (exact) mass is 481 g/mol. The van der Waals surface area contributed by atoms with Crippen LogP contribution in [0.25, 0.3) is 10.9 Å². The van der Waals surface area contributed by atoms with Gasteiger partial charge < -0.3 is 4.74 Å². The fourth-order valence-electron chi connectivity index (χ4n) is 4.44. The number of halogens is 3. The Morgan fingerprint density at radius 2 is 1.91 bits per heavy atom. The molecule has 2 aromatic heterocycles. The van der Waals surface area contributed by atoms with E-state index < -0.39 is 21.8 Å². The molecule has 1 saturated heterocycles. The third kappa shape index (κ3) is 4.46. The van der Waals surface area contributed by atoms with Crippen LogP contribution in [0.15, 0.2) is 41.4 Å². The molecule has 0 unspecified atom stereocenters. The number of aromatic nitrogens is 2. The van der Waals surface area contributed by atoms with Crippen LogP contribution >= 0.6 is 0 Å². The zero-order chi connectivity index (χ0) is 24.0. The topological polar surface area (TPSA) is 64.4 Å². The van der Waals surface area contributed by atoms with Gasteiger partial charge in [-0.3, -0.25) is 4.90 Å². The van der Waals surface area contributed by atoms with Gasteiger partial charge in [-0.05, 0) is 50.4 Å². The molecule has 0 aliphatic carbocycles. The Hall–Kier alpha value is -2.59. The van der Waals surface area contributed by atoms with Crippen molar-refractivity contribution in [2.24, 2.45) is 5.92 Å². The van der Waals surface area contributed by atoms with Crippen LogP contribution in [0.2, 0.25) is 0 Å². The number of alkyl halides is 3. The quantitative estimate of drug-likeness (QED) is 0.522.